The molecule has 30 heavy (non-hydrogen) atoms. The van der Waals surface area contributed by atoms with Crippen LogP contribution in [0.4, 0.5) is 13.2 Å². The Morgan fingerprint density at radius 2 is 1.93 bits per heavy atom. The monoisotopic (exact) mass is 418 g/mol. The summed E-state index contributed by atoms with van der Waals surface area (Å²) >= 11 is 0. The molecule has 0 aliphatic carbocycles. The van der Waals surface area contributed by atoms with Gasteiger partial charge in [-0.2, -0.15) is 18.2 Å². The molecule has 1 aliphatic heterocycles. The molecular formula is C19H17F3N6O2. The molecule has 2 N–H and O–H groups in total. The summed E-state index contributed by atoms with van der Waals surface area (Å²) in [6, 6.07) is 6.18. The molecule has 156 valence electrons. The Bertz CT molecular complexity index is 1050. The molecule has 0 saturated carbocycles. The molecule has 1 amide bonds. The van der Waals surface area contributed by atoms with Crippen LogP contribution >= 0.6 is 0 Å². The zero-order valence-corrected chi connectivity index (χ0v) is 15.6. The van der Waals surface area contributed by atoms with Gasteiger partial charge >= 0.3 is 12.1 Å². The summed E-state index contributed by atoms with van der Waals surface area (Å²) < 4.78 is 42.3. The number of hydrogen-bond donors (Lipinski definition) is 2. The third-order valence-electron chi connectivity index (χ3n) is 4.60. The van der Waals surface area contributed by atoms with Gasteiger partial charge in [0.25, 0.3) is 5.91 Å². The van der Waals surface area contributed by atoms with Gasteiger partial charge < -0.3 is 15.2 Å². The van der Waals surface area contributed by atoms with Crippen molar-refractivity contribution in [2.24, 2.45) is 0 Å². The maximum atomic E-state index is 12.7. The van der Waals surface area contributed by atoms with Gasteiger partial charge in [0.05, 0.1) is 11.4 Å². The van der Waals surface area contributed by atoms with Crippen LogP contribution in [0.2, 0.25) is 0 Å². The molecule has 8 nitrogen and oxygen atoms in total. The van der Waals surface area contributed by atoms with Gasteiger partial charge in [0.2, 0.25) is 5.82 Å². The van der Waals surface area contributed by atoms with Gasteiger partial charge in [-0.1, -0.05) is 5.16 Å². The predicted octanol–water partition coefficient (Wildman–Crippen LogP) is 2.69. The fourth-order valence-corrected chi connectivity index (χ4v) is 3.12. The van der Waals surface area contributed by atoms with Crippen LogP contribution in [0.1, 0.15) is 29.1 Å². The number of nitrogens with one attached hydrogen (secondary N) is 2. The molecule has 1 atom stereocenters. The van der Waals surface area contributed by atoms with Crippen LogP contribution in [0, 0.1) is 0 Å². The summed E-state index contributed by atoms with van der Waals surface area (Å²) in [5.41, 5.74) is 1.45. The highest BCUT2D eigenvalue weighted by atomic mass is 19.4. The first-order valence-electron chi connectivity index (χ1n) is 9.25. The number of hydrogen-bond acceptors (Lipinski definition) is 7. The molecule has 1 saturated heterocycles. The molecule has 0 aromatic carbocycles. The second kappa shape index (κ2) is 8.19. The van der Waals surface area contributed by atoms with Gasteiger partial charge in [-0.15, -0.1) is 0 Å². The van der Waals surface area contributed by atoms with E-state index in [-0.39, 0.29) is 23.3 Å². The van der Waals surface area contributed by atoms with E-state index in [1.807, 2.05) is 0 Å². The number of piperidine rings is 1. The molecule has 1 aliphatic rings. The van der Waals surface area contributed by atoms with Crippen LogP contribution in [-0.4, -0.2) is 45.1 Å². The Hall–Kier alpha value is -3.34. The third kappa shape index (κ3) is 4.46. The number of halogens is 3. The molecule has 0 spiro atoms. The highest BCUT2D eigenvalue weighted by Gasteiger charge is 2.38. The Balaban J connectivity index is 1.56. The molecule has 11 heteroatoms. The van der Waals surface area contributed by atoms with Gasteiger partial charge in [0.15, 0.2) is 0 Å². The van der Waals surface area contributed by atoms with Crippen molar-refractivity contribution in [3.8, 4) is 22.8 Å². The number of carbonyl (C=O) groups excluding carboxylic acids is 1. The van der Waals surface area contributed by atoms with Crippen molar-refractivity contribution in [3.05, 3.63) is 48.1 Å². The van der Waals surface area contributed by atoms with Gasteiger partial charge in [-0.05, 0) is 43.7 Å². The topological polar surface area (TPSA) is 106 Å². The molecule has 0 bridgehead atoms. The molecule has 1 unspecified atom stereocenters. The largest absolute Gasteiger partial charge is 0.471 e. The van der Waals surface area contributed by atoms with Crippen molar-refractivity contribution < 1.29 is 22.5 Å². The molecule has 4 rings (SSSR count). The minimum atomic E-state index is -4.72. The Labute approximate surface area is 168 Å². The van der Waals surface area contributed by atoms with Crippen molar-refractivity contribution in [3.63, 3.8) is 0 Å². The van der Waals surface area contributed by atoms with E-state index >= 15 is 0 Å². The number of rotatable bonds is 4. The van der Waals surface area contributed by atoms with E-state index in [1.54, 1.807) is 12.1 Å². The highest BCUT2D eigenvalue weighted by Crippen LogP contribution is 2.30. The van der Waals surface area contributed by atoms with E-state index in [0.29, 0.717) is 17.0 Å². The van der Waals surface area contributed by atoms with E-state index in [9.17, 15) is 18.0 Å². The lowest BCUT2D eigenvalue weighted by Gasteiger charge is -2.23. The van der Waals surface area contributed by atoms with E-state index < -0.39 is 12.1 Å². The molecule has 4 heterocycles. The Kier molecular flexibility index (Phi) is 5.44. The number of aromatic nitrogens is 4. The number of amides is 1. The molecule has 0 radical (unpaired) electrons. The number of nitrogens with zero attached hydrogens (tertiary/aromatic N) is 4. The zero-order chi connectivity index (χ0) is 21.1. The maximum Gasteiger partial charge on any atom is 0.471 e. The van der Waals surface area contributed by atoms with Crippen LogP contribution in [-0.2, 0) is 6.18 Å². The fourth-order valence-electron chi connectivity index (χ4n) is 3.12. The van der Waals surface area contributed by atoms with Crippen molar-refractivity contribution >= 4 is 5.91 Å². The molecule has 1 fully saturated rings. The highest BCUT2D eigenvalue weighted by molar-refractivity contribution is 5.95. The van der Waals surface area contributed by atoms with Gasteiger partial charge in [0.1, 0.15) is 0 Å². The van der Waals surface area contributed by atoms with Crippen LogP contribution in [0.15, 0.2) is 41.2 Å². The number of carbonyl (C=O) groups is 1. The first-order chi connectivity index (χ1) is 14.4. The number of alkyl halides is 3. The second-order valence-corrected chi connectivity index (χ2v) is 6.80. The van der Waals surface area contributed by atoms with Crippen LogP contribution in [0.5, 0.6) is 0 Å². The normalized spacial score (nSPS) is 17.0. The lowest BCUT2D eigenvalue weighted by Crippen LogP contribution is -2.45. The van der Waals surface area contributed by atoms with E-state index in [1.165, 1.54) is 24.5 Å². The average Bonchev–Trinajstić information content (AvgIpc) is 3.26. The first-order valence-corrected chi connectivity index (χ1v) is 9.25. The average molecular weight is 418 g/mol. The molecular weight excluding hydrogens is 401 g/mol. The lowest BCUT2D eigenvalue weighted by atomic mass is 10.1. The van der Waals surface area contributed by atoms with Gasteiger partial charge in [0, 0.05) is 36.1 Å². The first kappa shape index (κ1) is 20.0. The zero-order valence-electron chi connectivity index (χ0n) is 15.6. The van der Waals surface area contributed by atoms with Crippen molar-refractivity contribution in [1.29, 1.82) is 0 Å². The summed E-state index contributed by atoms with van der Waals surface area (Å²) in [6.07, 6.45) is 0.0583. The molecule has 3 aromatic rings. The van der Waals surface area contributed by atoms with Crippen molar-refractivity contribution in [2.75, 3.05) is 13.1 Å². The fraction of sp³-hybridized carbons (Fsp3) is 0.316. The summed E-state index contributed by atoms with van der Waals surface area (Å²) in [4.78, 5) is 24.3. The van der Waals surface area contributed by atoms with E-state index in [4.69, 9.17) is 0 Å². The summed E-state index contributed by atoms with van der Waals surface area (Å²) in [6.45, 7) is 1.66. The van der Waals surface area contributed by atoms with E-state index in [2.05, 4.69) is 35.3 Å². The van der Waals surface area contributed by atoms with Gasteiger partial charge in [-0.25, -0.2) is 0 Å². The minimum Gasteiger partial charge on any atom is -0.348 e. The van der Waals surface area contributed by atoms with Crippen LogP contribution < -0.4 is 10.6 Å². The minimum absolute atomic E-state index is 0.0605. The van der Waals surface area contributed by atoms with Crippen LogP contribution in [0.3, 0.4) is 0 Å². The number of pyridine rings is 2. The smallest absolute Gasteiger partial charge is 0.348 e. The lowest BCUT2D eigenvalue weighted by molar-refractivity contribution is -0.159. The Morgan fingerprint density at radius 3 is 2.63 bits per heavy atom. The summed E-state index contributed by atoms with van der Waals surface area (Å²) in [5.74, 6) is -1.87. The standard InChI is InChI=1S/C19H17F3N6O2/c20-19(21,22)18-27-16(28-30-18)11-3-6-24-14(8-11)15-9-12(4-7-25-15)17(29)26-13-2-1-5-23-10-13/h3-4,6-9,13,23H,1-2,5,10H2,(H,26,29). The van der Waals surface area contributed by atoms with Gasteiger partial charge in [-0.3, -0.25) is 14.8 Å². The summed E-state index contributed by atoms with van der Waals surface area (Å²) in [7, 11) is 0. The molecule has 3 aromatic heterocycles. The predicted molar refractivity (Wildman–Crippen MR) is 99.1 cm³/mol. The Morgan fingerprint density at radius 1 is 1.17 bits per heavy atom. The van der Waals surface area contributed by atoms with Crippen LogP contribution in [0.25, 0.3) is 22.8 Å². The third-order valence-corrected chi connectivity index (χ3v) is 4.60. The van der Waals surface area contributed by atoms with E-state index in [0.717, 1.165) is 25.9 Å². The van der Waals surface area contributed by atoms with Crippen molar-refractivity contribution in [2.45, 2.75) is 25.1 Å². The quantitative estimate of drug-likeness (QED) is 0.671. The second-order valence-electron chi connectivity index (χ2n) is 6.80. The van der Waals surface area contributed by atoms with Crippen molar-refractivity contribution in [1.82, 2.24) is 30.7 Å². The summed E-state index contributed by atoms with van der Waals surface area (Å²) in [5, 5.41) is 9.59. The SMILES string of the molecule is O=C(NC1CCCNC1)c1ccnc(-c2cc(-c3noc(C(F)(F)F)n3)ccn2)c1. The maximum absolute atomic E-state index is 12.7.